The lowest BCUT2D eigenvalue weighted by molar-refractivity contribution is 0.00207. The molecular weight excluding hydrogens is 310 g/mol. The van der Waals surface area contributed by atoms with Crippen molar-refractivity contribution in [3.63, 3.8) is 0 Å². The molecule has 0 saturated carbocycles. The van der Waals surface area contributed by atoms with Crippen LogP contribution < -0.4 is 0 Å². The molecule has 0 radical (unpaired) electrons. The van der Waals surface area contributed by atoms with Crippen LogP contribution in [0, 0.1) is 13.8 Å². The van der Waals surface area contributed by atoms with Crippen LogP contribution in [0.25, 0.3) is 10.9 Å². The highest BCUT2D eigenvalue weighted by molar-refractivity contribution is 5.99. The average molecular weight is 337 g/mol. The number of nitrogens with zero attached hydrogens (tertiary/aromatic N) is 3. The molecule has 2 aromatic rings. The van der Waals surface area contributed by atoms with Gasteiger partial charge < -0.3 is 4.90 Å². The number of rotatable bonds is 2. The molecule has 1 amide bonds. The second-order valence-electron chi connectivity index (χ2n) is 7.76. The second-order valence-corrected chi connectivity index (χ2v) is 7.76. The molecule has 4 rings (SSSR count). The number of carbonyl (C=O) groups is 1. The monoisotopic (exact) mass is 337 g/mol. The predicted molar refractivity (Wildman–Crippen MR) is 101 cm³/mol. The molecule has 3 heterocycles. The molecule has 0 bridgehead atoms. The average Bonchev–Trinajstić information content (AvgIpc) is 2.55. The number of fused-ring (bicyclic) bond motifs is 1. The van der Waals surface area contributed by atoms with Gasteiger partial charge in [0.25, 0.3) is 5.91 Å². The van der Waals surface area contributed by atoms with E-state index in [1.807, 2.05) is 24.0 Å². The molecule has 2 saturated heterocycles. The summed E-state index contributed by atoms with van der Waals surface area (Å²) in [4.78, 5) is 22.2. The van der Waals surface area contributed by atoms with E-state index in [9.17, 15) is 4.79 Å². The van der Waals surface area contributed by atoms with Crippen molar-refractivity contribution < 1.29 is 4.79 Å². The standard InChI is InChI=1S/C21H27N3O/c1-14-7-8-20-17(10-14)11-19(16(3)22-20)21(25)23-12-18(13-23)24-9-5-4-6-15(24)2/h7-8,10-11,15,18H,4-6,9,12-13H2,1-3H3/t15-/m1/s1. The quantitative estimate of drug-likeness (QED) is 0.841. The van der Waals surface area contributed by atoms with E-state index in [0.717, 1.165) is 35.2 Å². The van der Waals surface area contributed by atoms with Gasteiger partial charge in [0.2, 0.25) is 0 Å². The molecule has 0 spiro atoms. The van der Waals surface area contributed by atoms with Gasteiger partial charge in [-0.25, -0.2) is 0 Å². The minimum Gasteiger partial charge on any atom is -0.335 e. The SMILES string of the molecule is Cc1ccc2nc(C)c(C(=O)N3CC(N4CCCC[C@H]4C)C3)cc2c1. The van der Waals surface area contributed by atoms with Crippen LogP contribution in [0.2, 0.25) is 0 Å². The molecule has 4 heteroatoms. The maximum absolute atomic E-state index is 13.0. The first-order chi connectivity index (χ1) is 12.0. The van der Waals surface area contributed by atoms with Crippen molar-refractivity contribution in [2.75, 3.05) is 19.6 Å². The Labute approximate surface area is 149 Å². The fourth-order valence-corrected chi connectivity index (χ4v) is 4.27. The number of likely N-dealkylation sites (tertiary alicyclic amines) is 2. The summed E-state index contributed by atoms with van der Waals surface area (Å²) >= 11 is 0. The first-order valence-corrected chi connectivity index (χ1v) is 9.46. The van der Waals surface area contributed by atoms with Gasteiger partial charge in [-0.3, -0.25) is 14.7 Å². The maximum Gasteiger partial charge on any atom is 0.255 e. The van der Waals surface area contributed by atoms with Gasteiger partial charge in [-0.1, -0.05) is 18.1 Å². The normalized spacial score (nSPS) is 22.2. The van der Waals surface area contributed by atoms with E-state index in [4.69, 9.17) is 0 Å². The van der Waals surface area contributed by atoms with E-state index in [-0.39, 0.29) is 5.91 Å². The summed E-state index contributed by atoms with van der Waals surface area (Å²) in [7, 11) is 0. The van der Waals surface area contributed by atoms with Crippen LogP contribution in [0.3, 0.4) is 0 Å². The van der Waals surface area contributed by atoms with Crippen LogP contribution in [0.15, 0.2) is 24.3 Å². The van der Waals surface area contributed by atoms with Gasteiger partial charge >= 0.3 is 0 Å². The molecule has 1 aromatic carbocycles. The van der Waals surface area contributed by atoms with Crippen LogP contribution in [-0.2, 0) is 0 Å². The molecular formula is C21H27N3O. The first-order valence-electron chi connectivity index (χ1n) is 9.46. The Kier molecular flexibility index (Phi) is 4.24. The van der Waals surface area contributed by atoms with E-state index >= 15 is 0 Å². The molecule has 2 fully saturated rings. The molecule has 2 aliphatic heterocycles. The number of aryl methyl sites for hydroxylation is 2. The van der Waals surface area contributed by atoms with Crippen molar-refractivity contribution in [2.45, 2.75) is 52.1 Å². The Morgan fingerprint density at radius 2 is 1.96 bits per heavy atom. The summed E-state index contributed by atoms with van der Waals surface area (Å²) in [5.41, 5.74) is 3.74. The number of hydrogen-bond acceptors (Lipinski definition) is 3. The predicted octanol–water partition coefficient (Wildman–Crippen LogP) is 3.55. The smallest absolute Gasteiger partial charge is 0.255 e. The highest BCUT2D eigenvalue weighted by Gasteiger charge is 2.38. The van der Waals surface area contributed by atoms with Gasteiger partial charge in [0.05, 0.1) is 16.8 Å². The van der Waals surface area contributed by atoms with Crippen molar-refractivity contribution in [3.8, 4) is 0 Å². The van der Waals surface area contributed by atoms with Crippen molar-refractivity contribution in [2.24, 2.45) is 0 Å². The highest BCUT2D eigenvalue weighted by Crippen LogP contribution is 2.27. The largest absolute Gasteiger partial charge is 0.335 e. The van der Waals surface area contributed by atoms with Gasteiger partial charge in [-0.05, 0) is 58.4 Å². The number of benzene rings is 1. The van der Waals surface area contributed by atoms with E-state index in [1.165, 1.54) is 31.4 Å². The zero-order chi connectivity index (χ0) is 17.6. The van der Waals surface area contributed by atoms with Gasteiger partial charge in [0.15, 0.2) is 0 Å². The van der Waals surface area contributed by atoms with Gasteiger partial charge in [-0.2, -0.15) is 0 Å². The summed E-state index contributed by atoms with van der Waals surface area (Å²) < 4.78 is 0. The zero-order valence-corrected chi connectivity index (χ0v) is 15.5. The summed E-state index contributed by atoms with van der Waals surface area (Å²) in [5, 5.41) is 1.05. The Bertz CT molecular complexity index is 810. The lowest BCUT2D eigenvalue weighted by atomic mass is 9.96. The van der Waals surface area contributed by atoms with Crippen LogP contribution in [0.4, 0.5) is 0 Å². The number of pyridine rings is 1. The molecule has 0 unspecified atom stereocenters. The van der Waals surface area contributed by atoms with Crippen LogP contribution in [-0.4, -0.2) is 52.4 Å². The number of hydrogen-bond donors (Lipinski definition) is 0. The lowest BCUT2D eigenvalue weighted by Crippen LogP contribution is -2.63. The highest BCUT2D eigenvalue weighted by atomic mass is 16.2. The van der Waals surface area contributed by atoms with E-state index < -0.39 is 0 Å². The Balaban J connectivity index is 1.50. The number of carbonyl (C=O) groups excluding carboxylic acids is 1. The fourth-order valence-electron chi connectivity index (χ4n) is 4.27. The third-order valence-electron chi connectivity index (χ3n) is 5.86. The third-order valence-corrected chi connectivity index (χ3v) is 5.86. The zero-order valence-electron chi connectivity index (χ0n) is 15.5. The third kappa shape index (κ3) is 3.04. The van der Waals surface area contributed by atoms with E-state index in [0.29, 0.717) is 12.1 Å². The van der Waals surface area contributed by atoms with Crippen molar-refractivity contribution >= 4 is 16.8 Å². The van der Waals surface area contributed by atoms with E-state index in [1.54, 1.807) is 0 Å². The minimum atomic E-state index is 0.134. The van der Waals surface area contributed by atoms with Crippen LogP contribution >= 0.6 is 0 Å². The van der Waals surface area contributed by atoms with Crippen molar-refractivity contribution in [1.82, 2.24) is 14.8 Å². The molecule has 0 N–H and O–H groups in total. The summed E-state index contributed by atoms with van der Waals surface area (Å²) in [6.45, 7) is 9.23. The number of aromatic nitrogens is 1. The Morgan fingerprint density at radius 3 is 2.72 bits per heavy atom. The molecule has 25 heavy (non-hydrogen) atoms. The lowest BCUT2D eigenvalue weighted by Gasteiger charge is -2.49. The summed E-state index contributed by atoms with van der Waals surface area (Å²) in [5.74, 6) is 0.134. The van der Waals surface area contributed by atoms with E-state index in [2.05, 4.69) is 35.9 Å². The Morgan fingerprint density at radius 1 is 1.16 bits per heavy atom. The minimum absolute atomic E-state index is 0.134. The molecule has 1 aromatic heterocycles. The van der Waals surface area contributed by atoms with Crippen molar-refractivity contribution in [1.29, 1.82) is 0 Å². The summed E-state index contributed by atoms with van der Waals surface area (Å²) in [6, 6.07) is 9.41. The van der Waals surface area contributed by atoms with Gasteiger partial charge in [0, 0.05) is 30.6 Å². The molecule has 2 aliphatic rings. The summed E-state index contributed by atoms with van der Waals surface area (Å²) in [6.07, 6.45) is 3.92. The second kappa shape index (κ2) is 6.41. The van der Waals surface area contributed by atoms with Gasteiger partial charge in [0.1, 0.15) is 0 Å². The number of piperidine rings is 1. The first kappa shape index (κ1) is 16.5. The molecule has 132 valence electrons. The molecule has 0 aliphatic carbocycles. The Hall–Kier alpha value is -1.94. The van der Waals surface area contributed by atoms with Crippen LogP contribution in [0.1, 0.15) is 47.8 Å². The fraction of sp³-hybridized carbons (Fsp3) is 0.524. The molecule has 4 nitrogen and oxygen atoms in total. The number of amides is 1. The topological polar surface area (TPSA) is 36.4 Å². The maximum atomic E-state index is 13.0. The molecule has 1 atom stereocenters. The van der Waals surface area contributed by atoms with Crippen LogP contribution in [0.5, 0.6) is 0 Å². The van der Waals surface area contributed by atoms with Crippen molar-refractivity contribution in [3.05, 3.63) is 41.1 Å². The van der Waals surface area contributed by atoms with Gasteiger partial charge in [-0.15, -0.1) is 0 Å².